The van der Waals surface area contributed by atoms with Gasteiger partial charge in [-0.15, -0.1) is 0 Å². The van der Waals surface area contributed by atoms with E-state index in [-0.39, 0.29) is 17.9 Å². The van der Waals surface area contributed by atoms with Gasteiger partial charge in [-0.05, 0) is 17.2 Å². The van der Waals surface area contributed by atoms with E-state index in [1.807, 2.05) is 0 Å². The average Bonchev–Trinajstić information content (AvgIpc) is 2.08. The molecule has 0 amide bonds. The summed E-state index contributed by atoms with van der Waals surface area (Å²) in [5.74, 6) is -1.92. The predicted octanol–water partition coefficient (Wildman–Crippen LogP) is 1.59. The normalized spacial score (nSPS) is 9.93. The second kappa shape index (κ2) is 4.79. The maximum Gasteiger partial charge on any atom is 0.307 e. The smallest absolute Gasteiger partial charge is 0.307 e. The largest absolute Gasteiger partial charge is 0.481 e. The van der Waals surface area contributed by atoms with Crippen molar-refractivity contribution in [3.63, 3.8) is 0 Å². The first-order chi connectivity index (χ1) is 6.99. The van der Waals surface area contributed by atoms with E-state index in [0.717, 1.165) is 0 Å². The van der Waals surface area contributed by atoms with Crippen molar-refractivity contribution in [2.45, 2.75) is 12.8 Å². The van der Waals surface area contributed by atoms with Gasteiger partial charge in [-0.2, -0.15) is 0 Å². The predicted molar refractivity (Wildman–Crippen MR) is 54.1 cm³/mol. The summed E-state index contributed by atoms with van der Waals surface area (Å²) in [6, 6.07) is 4.58. The first-order valence-electron chi connectivity index (χ1n) is 4.20. The number of halogens is 1. The SMILES string of the molecule is O=C(O)Cc1ccc(CC(=O)O)c(Cl)c1. The summed E-state index contributed by atoms with van der Waals surface area (Å²) in [6.07, 6.45) is -0.279. The van der Waals surface area contributed by atoms with Crippen LogP contribution in [0.2, 0.25) is 5.02 Å². The third-order valence-electron chi connectivity index (χ3n) is 1.81. The highest BCUT2D eigenvalue weighted by Crippen LogP contribution is 2.18. The fourth-order valence-corrected chi connectivity index (χ4v) is 1.45. The first kappa shape index (κ1) is 11.5. The van der Waals surface area contributed by atoms with Gasteiger partial charge in [0.1, 0.15) is 0 Å². The van der Waals surface area contributed by atoms with Crippen molar-refractivity contribution in [2.75, 3.05) is 0 Å². The molecule has 1 aromatic carbocycles. The molecule has 4 nitrogen and oxygen atoms in total. The Morgan fingerprint density at radius 1 is 1.13 bits per heavy atom. The Bertz CT molecular complexity index is 400. The van der Waals surface area contributed by atoms with Gasteiger partial charge in [0.2, 0.25) is 0 Å². The van der Waals surface area contributed by atoms with Crippen molar-refractivity contribution in [2.24, 2.45) is 0 Å². The molecule has 80 valence electrons. The van der Waals surface area contributed by atoms with Gasteiger partial charge in [0, 0.05) is 5.02 Å². The molecule has 0 unspecified atom stereocenters. The lowest BCUT2D eigenvalue weighted by Crippen LogP contribution is -2.03. The van der Waals surface area contributed by atoms with Crippen molar-refractivity contribution >= 4 is 23.5 Å². The summed E-state index contributed by atoms with van der Waals surface area (Å²) in [7, 11) is 0. The molecule has 2 N–H and O–H groups in total. The standard InChI is InChI=1S/C10H9ClO4/c11-8-3-6(4-9(12)13)1-2-7(8)5-10(14)15/h1-3H,4-5H2,(H,12,13)(H,14,15). The van der Waals surface area contributed by atoms with E-state index in [1.54, 1.807) is 6.07 Å². The quantitative estimate of drug-likeness (QED) is 0.821. The van der Waals surface area contributed by atoms with Crippen LogP contribution in [0.25, 0.3) is 0 Å². The molecule has 0 spiro atoms. The number of hydrogen-bond acceptors (Lipinski definition) is 2. The van der Waals surface area contributed by atoms with E-state index in [2.05, 4.69) is 0 Å². The molecule has 5 heteroatoms. The van der Waals surface area contributed by atoms with Crippen LogP contribution >= 0.6 is 11.6 Å². The Hall–Kier alpha value is -1.55. The zero-order valence-corrected chi connectivity index (χ0v) is 8.49. The number of hydrogen-bond donors (Lipinski definition) is 2. The van der Waals surface area contributed by atoms with Crippen molar-refractivity contribution in [1.29, 1.82) is 0 Å². The van der Waals surface area contributed by atoms with E-state index in [4.69, 9.17) is 21.8 Å². The Morgan fingerprint density at radius 2 is 1.73 bits per heavy atom. The minimum absolute atomic E-state index is 0.118. The van der Waals surface area contributed by atoms with E-state index in [0.29, 0.717) is 11.1 Å². The van der Waals surface area contributed by atoms with Crippen LogP contribution in [0.4, 0.5) is 0 Å². The summed E-state index contributed by atoms with van der Waals surface area (Å²) < 4.78 is 0. The maximum atomic E-state index is 10.4. The van der Waals surface area contributed by atoms with Gasteiger partial charge in [0.05, 0.1) is 12.8 Å². The van der Waals surface area contributed by atoms with Crippen molar-refractivity contribution in [1.82, 2.24) is 0 Å². The molecule has 0 saturated heterocycles. The summed E-state index contributed by atoms with van der Waals surface area (Å²) in [4.78, 5) is 20.8. The third kappa shape index (κ3) is 3.59. The van der Waals surface area contributed by atoms with Crippen LogP contribution in [0.5, 0.6) is 0 Å². The van der Waals surface area contributed by atoms with Crippen LogP contribution in [-0.2, 0) is 22.4 Å². The summed E-state index contributed by atoms with van der Waals surface area (Å²) in [6.45, 7) is 0. The second-order valence-electron chi connectivity index (χ2n) is 3.07. The highest BCUT2D eigenvalue weighted by Gasteiger charge is 2.07. The number of rotatable bonds is 4. The summed E-state index contributed by atoms with van der Waals surface area (Å²) >= 11 is 5.80. The molecule has 0 bridgehead atoms. The molecule has 15 heavy (non-hydrogen) atoms. The van der Waals surface area contributed by atoms with E-state index in [9.17, 15) is 9.59 Å². The molecule has 0 aliphatic heterocycles. The fraction of sp³-hybridized carbons (Fsp3) is 0.200. The minimum atomic E-state index is -0.970. The molecule has 1 aromatic rings. The molecule has 0 atom stereocenters. The lowest BCUT2D eigenvalue weighted by molar-refractivity contribution is -0.137. The molecule has 0 saturated carbocycles. The lowest BCUT2D eigenvalue weighted by atomic mass is 10.1. The fourth-order valence-electron chi connectivity index (χ4n) is 1.18. The van der Waals surface area contributed by atoms with Gasteiger partial charge in [-0.1, -0.05) is 23.7 Å². The number of carboxylic acid groups (broad SMARTS) is 2. The minimum Gasteiger partial charge on any atom is -0.481 e. The molecule has 0 heterocycles. The van der Waals surface area contributed by atoms with Crippen LogP contribution in [0.15, 0.2) is 18.2 Å². The van der Waals surface area contributed by atoms with Gasteiger partial charge >= 0.3 is 11.9 Å². The molecule has 0 aromatic heterocycles. The zero-order chi connectivity index (χ0) is 11.4. The van der Waals surface area contributed by atoms with Gasteiger partial charge in [-0.25, -0.2) is 0 Å². The van der Waals surface area contributed by atoms with Crippen molar-refractivity contribution in [3.8, 4) is 0 Å². The van der Waals surface area contributed by atoms with Crippen LogP contribution in [0, 0.1) is 0 Å². The van der Waals surface area contributed by atoms with Gasteiger partial charge in [0.25, 0.3) is 0 Å². The number of carboxylic acids is 2. The molecular weight excluding hydrogens is 220 g/mol. The third-order valence-corrected chi connectivity index (χ3v) is 2.17. The topological polar surface area (TPSA) is 74.6 Å². The van der Waals surface area contributed by atoms with Gasteiger partial charge in [0.15, 0.2) is 0 Å². The summed E-state index contributed by atoms with van der Waals surface area (Å²) in [5.41, 5.74) is 1.04. The van der Waals surface area contributed by atoms with E-state index in [1.165, 1.54) is 12.1 Å². The van der Waals surface area contributed by atoms with E-state index >= 15 is 0 Å². The van der Waals surface area contributed by atoms with Crippen LogP contribution in [0.1, 0.15) is 11.1 Å². The summed E-state index contributed by atoms with van der Waals surface area (Å²) in [5, 5.41) is 17.4. The highest BCUT2D eigenvalue weighted by atomic mass is 35.5. The van der Waals surface area contributed by atoms with Crippen LogP contribution < -0.4 is 0 Å². The Balaban J connectivity index is 2.87. The number of carbonyl (C=O) groups is 2. The Morgan fingerprint density at radius 3 is 2.20 bits per heavy atom. The molecule has 0 radical (unpaired) electrons. The molecule has 0 fully saturated rings. The van der Waals surface area contributed by atoms with Crippen molar-refractivity contribution in [3.05, 3.63) is 34.3 Å². The number of aliphatic carboxylic acids is 2. The molecular formula is C10H9ClO4. The highest BCUT2D eigenvalue weighted by molar-refractivity contribution is 6.31. The Labute approximate surface area is 91.1 Å². The molecule has 0 aliphatic carbocycles. The lowest BCUT2D eigenvalue weighted by Gasteiger charge is -2.03. The first-order valence-corrected chi connectivity index (χ1v) is 4.57. The molecule has 1 rings (SSSR count). The molecule has 0 aliphatic rings. The van der Waals surface area contributed by atoms with Crippen molar-refractivity contribution < 1.29 is 19.8 Å². The average molecular weight is 229 g/mol. The maximum absolute atomic E-state index is 10.4. The second-order valence-corrected chi connectivity index (χ2v) is 3.47. The van der Waals surface area contributed by atoms with Crippen LogP contribution in [-0.4, -0.2) is 22.2 Å². The number of benzene rings is 1. The van der Waals surface area contributed by atoms with Crippen LogP contribution in [0.3, 0.4) is 0 Å². The van der Waals surface area contributed by atoms with E-state index < -0.39 is 11.9 Å². The zero-order valence-electron chi connectivity index (χ0n) is 7.74. The van der Waals surface area contributed by atoms with Gasteiger partial charge < -0.3 is 10.2 Å². The van der Waals surface area contributed by atoms with Gasteiger partial charge in [-0.3, -0.25) is 9.59 Å². The monoisotopic (exact) mass is 228 g/mol. The Kier molecular flexibility index (Phi) is 3.68.